The summed E-state index contributed by atoms with van der Waals surface area (Å²) in [4.78, 5) is 0. The van der Waals surface area contributed by atoms with Crippen molar-refractivity contribution in [1.29, 1.82) is 0 Å². The Bertz CT molecular complexity index is 408. The van der Waals surface area contributed by atoms with Crippen LogP contribution in [0.1, 0.15) is 49.3 Å². The molecule has 1 N–H and O–H groups in total. The van der Waals surface area contributed by atoms with Crippen LogP contribution in [-0.4, -0.2) is 7.05 Å². The molecule has 1 unspecified atom stereocenters. The molecule has 0 heterocycles. The predicted molar refractivity (Wildman–Crippen MR) is 69.8 cm³/mol. The molecule has 1 aliphatic rings. The van der Waals surface area contributed by atoms with Gasteiger partial charge in [0.15, 0.2) is 0 Å². The molecule has 0 spiro atoms. The fraction of sp³-hybridized carbons (Fsp3) is 0.600. The van der Waals surface area contributed by atoms with Gasteiger partial charge < -0.3 is 5.32 Å². The second-order valence-electron chi connectivity index (χ2n) is 5.29. The molecular formula is C15H20F3N. The van der Waals surface area contributed by atoms with Gasteiger partial charge >= 0.3 is 6.18 Å². The van der Waals surface area contributed by atoms with Gasteiger partial charge in [-0.1, -0.05) is 31.4 Å². The van der Waals surface area contributed by atoms with Gasteiger partial charge in [-0.2, -0.15) is 13.2 Å². The van der Waals surface area contributed by atoms with Crippen LogP contribution >= 0.6 is 0 Å². The van der Waals surface area contributed by atoms with E-state index in [0.29, 0.717) is 5.92 Å². The first-order valence-electron chi connectivity index (χ1n) is 6.87. The van der Waals surface area contributed by atoms with Crippen molar-refractivity contribution in [2.75, 3.05) is 7.05 Å². The Morgan fingerprint density at radius 3 is 2.42 bits per heavy atom. The van der Waals surface area contributed by atoms with Gasteiger partial charge in [0.05, 0.1) is 5.56 Å². The molecule has 0 aliphatic heterocycles. The van der Waals surface area contributed by atoms with Crippen molar-refractivity contribution in [1.82, 2.24) is 5.32 Å². The second-order valence-corrected chi connectivity index (χ2v) is 5.29. The summed E-state index contributed by atoms with van der Waals surface area (Å²) in [5, 5.41) is 3.20. The van der Waals surface area contributed by atoms with E-state index in [1.54, 1.807) is 6.07 Å². The Balaban J connectivity index is 2.22. The van der Waals surface area contributed by atoms with Crippen LogP contribution in [-0.2, 0) is 6.18 Å². The highest BCUT2D eigenvalue weighted by Gasteiger charge is 2.32. The molecule has 1 saturated carbocycles. The first-order chi connectivity index (χ1) is 9.02. The highest BCUT2D eigenvalue weighted by atomic mass is 19.4. The van der Waals surface area contributed by atoms with Gasteiger partial charge in [0.1, 0.15) is 0 Å². The maximum absolute atomic E-state index is 12.8. The summed E-state index contributed by atoms with van der Waals surface area (Å²) in [7, 11) is 1.83. The molecule has 1 nitrogen and oxygen atoms in total. The third kappa shape index (κ3) is 3.50. The molecule has 1 fully saturated rings. The van der Waals surface area contributed by atoms with Crippen LogP contribution in [0.5, 0.6) is 0 Å². The van der Waals surface area contributed by atoms with Crippen LogP contribution in [0.15, 0.2) is 24.3 Å². The van der Waals surface area contributed by atoms with Crippen molar-refractivity contribution < 1.29 is 13.2 Å². The fourth-order valence-electron chi connectivity index (χ4n) is 3.05. The minimum atomic E-state index is -4.26. The average molecular weight is 271 g/mol. The topological polar surface area (TPSA) is 12.0 Å². The average Bonchev–Trinajstić information content (AvgIpc) is 2.40. The zero-order valence-corrected chi connectivity index (χ0v) is 11.1. The molecule has 106 valence electrons. The summed E-state index contributed by atoms with van der Waals surface area (Å²) in [6.45, 7) is 0. The highest BCUT2D eigenvalue weighted by Crippen LogP contribution is 2.36. The summed E-state index contributed by atoms with van der Waals surface area (Å²) in [6, 6.07) is 5.76. The van der Waals surface area contributed by atoms with E-state index in [1.807, 2.05) is 7.05 Å². The quantitative estimate of drug-likeness (QED) is 0.850. The fourth-order valence-corrected chi connectivity index (χ4v) is 3.05. The third-order valence-electron chi connectivity index (χ3n) is 4.01. The number of halogens is 3. The van der Waals surface area contributed by atoms with Crippen LogP contribution in [0.3, 0.4) is 0 Å². The van der Waals surface area contributed by atoms with E-state index >= 15 is 0 Å². The van der Waals surface area contributed by atoms with Gasteiger partial charge in [0.2, 0.25) is 0 Å². The van der Waals surface area contributed by atoms with Gasteiger partial charge in [0.25, 0.3) is 0 Å². The van der Waals surface area contributed by atoms with E-state index in [0.717, 1.165) is 24.5 Å². The highest BCUT2D eigenvalue weighted by molar-refractivity contribution is 5.28. The zero-order valence-electron chi connectivity index (χ0n) is 11.1. The van der Waals surface area contributed by atoms with E-state index in [9.17, 15) is 13.2 Å². The number of rotatable bonds is 3. The van der Waals surface area contributed by atoms with E-state index in [2.05, 4.69) is 5.32 Å². The van der Waals surface area contributed by atoms with Gasteiger partial charge in [-0.15, -0.1) is 0 Å². The maximum atomic E-state index is 12.8. The summed E-state index contributed by atoms with van der Waals surface area (Å²) in [5.74, 6) is 0.447. The molecule has 1 atom stereocenters. The lowest BCUT2D eigenvalue weighted by Gasteiger charge is -2.30. The van der Waals surface area contributed by atoms with Crippen molar-refractivity contribution in [3.63, 3.8) is 0 Å². The number of nitrogens with one attached hydrogen (secondary N) is 1. The van der Waals surface area contributed by atoms with E-state index in [1.165, 1.54) is 31.4 Å². The molecule has 0 radical (unpaired) electrons. The van der Waals surface area contributed by atoms with Gasteiger partial charge in [-0.25, -0.2) is 0 Å². The molecule has 4 heteroatoms. The van der Waals surface area contributed by atoms with Crippen molar-refractivity contribution in [2.24, 2.45) is 5.92 Å². The van der Waals surface area contributed by atoms with E-state index < -0.39 is 11.7 Å². The summed E-state index contributed by atoms with van der Waals surface area (Å²) in [5.41, 5.74) is 0.199. The SMILES string of the molecule is CNC(c1cccc(C(F)(F)F)c1)C1CCCCC1. The Morgan fingerprint density at radius 2 is 1.84 bits per heavy atom. The Morgan fingerprint density at radius 1 is 1.16 bits per heavy atom. The zero-order chi connectivity index (χ0) is 13.9. The predicted octanol–water partition coefficient (Wildman–Crippen LogP) is 4.55. The van der Waals surface area contributed by atoms with Crippen LogP contribution < -0.4 is 5.32 Å². The molecule has 0 saturated heterocycles. The first kappa shape index (κ1) is 14.4. The molecule has 1 aromatic rings. The molecule has 0 amide bonds. The second kappa shape index (κ2) is 5.95. The van der Waals surface area contributed by atoms with Gasteiger partial charge in [-0.3, -0.25) is 0 Å². The largest absolute Gasteiger partial charge is 0.416 e. The molecule has 2 rings (SSSR count). The normalized spacial score (nSPS) is 19.4. The van der Waals surface area contributed by atoms with Gasteiger partial charge in [0, 0.05) is 6.04 Å². The lowest BCUT2D eigenvalue weighted by molar-refractivity contribution is -0.137. The Kier molecular flexibility index (Phi) is 4.50. The van der Waals surface area contributed by atoms with Crippen LogP contribution in [0.25, 0.3) is 0 Å². The van der Waals surface area contributed by atoms with Crippen molar-refractivity contribution in [2.45, 2.75) is 44.3 Å². The number of hydrogen-bond acceptors (Lipinski definition) is 1. The number of benzene rings is 1. The summed E-state index contributed by atoms with van der Waals surface area (Å²) in [6.07, 6.45) is 1.55. The molecule has 0 aromatic heterocycles. The standard InChI is InChI=1S/C15H20F3N/c1-19-14(11-6-3-2-4-7-11)12-8-5-9-13(10-12)15(16,17)18/h5,8-11,14,19H,2-4,6-7H2,1H3. The maximum Gasteiger partial charge on any atom is 0.416 e. The monoisotopic (exact) mass is 271 g/mol. The van der Waals surface area contributed by atoms with Gasteiger partial charge in [-0.05, 0) is 43.5 Å². The Labute approximate surface area is 112 Å². The van der Waals surface area contributed by atoms with Crippen molar-refractivity contribution in [3.8, 4) is 0 Å². The number of hydrogen-bond donors (Lipinski definition) is 1. The van der Waals surface area contributed by atoms with E-state index in [4.69, 9.17) is 0 Å². The molecule has 1 aliphatic carbocycles. The lowest BCUT2D eigenvalue weighted by Crippen LogP contribution is -2.27. The molecule has 19 heavy (non-hydrogen) atoms. The molecular weight excluding hydrogens is 251 g/mol. The minimum Gasteiger partial charge on any atom is -0.313 e. The van der Waals surface area contributed by atoms with Crippen molar-refractivity contribution in [3.05, 3.63) is 35.4 Å². The lowest BCUT2D eigenvalue weighted by atomic mass is 9.81. The summed E-state index contributed by atoms with van der Waals surface area (Å²) < 4.78 is 38.3. The Hall–Kier alpha value is -1.03. The van der Waals surface area contributed by atoms with Crippen LogP contribution in [0.4, 0.5) is 13.2 Å². The summed E-state index contributed by atoms with van der Waals surface area (Å²) >= 11 is 0. The number of alkyl halides is 3. The van der Waals surface area contributed by atoms with E-state index in [-0.39, 0.29) is 6.04 Å². The van der Waals surface area contributed by atoms with Crippen LogP contribution in [0, 0.1) is 5.92 Å². The third-order valence-corrected chi connectivity index (χ3v) is 4.01. The minimum absolute atomic E-state index is 0.0302. The molecule has 0 bridgehead atoms. The van der Waals surface area contributed by atoms with Crippen molar-refractivity contribution >= 4 is 0 Å². The molecule has 1 aromatic carbocycles. The first-order valence-corrected chi connectivity index (χ1v) is 6.87. The smallest absolute Gasteiger partial charge is 0.313 e. The van der Waals surface area contributed by atoms with Crippen LogP contribution in [0.2, 0.25) is 0 Å².